The Labute approximate surface area is 217 Å². The van der Waals surface area contributed by atoms with Gasteiger partial charge in [0.05, 0.1) is 0 Å². The molecule has 0 bridgehead atoms. The summed E-state index contributed by atoms with van der Waals surface area (Å²) in [5.74, 6) is 0.583. The minimum atomic E-state index is -0.526. The average molecular weight is 496 g/mol. The number of aryl methyl sites for hydroxylation is 1. The van der Waals surface area contributed by atoms with E-state index in [4.69, 9.17) is 5.73 Å². The number of rotatable bonds is 7. The zero-order chi connectivity index (χ0) is 25.8. The first-order valence-corrected chi connectivity index (χ1v) is 12.7. The highest BCUT2D eigenvalue weighted by Gasteiger charge is 2.25. The number of nitrogens with one attached hydrogen (secondary N) is 2. The van der Waals surface area contributed by atoms with Gasteiger partial charge in [0.25, 0.3) is 0 Å². The molecule has 8 nitrogen and oxygen atoms in total. The van der Waals surface area contributed by atoms with Crippen molar-refractivity contribution in [2.24, 2.45) is 5.73 Å². The number of H-pyrrole nitrogens is 1. The Bertz CT molecular complexity index is 1340. The summed E-state index contributed by atoms with van der Waals surface area (Å²) in [4.78, 5) is 15.0. The smallest absolute Gasteiger partial charge is 0.222 e. The lowest BCUT2D eigenvalue weighted by Gasteiger charge is -2.29. The second kappa shape index (κ2) is 10.5. The molecular formula is C29H33N7O. The van der Waals surface area contributed by atoms with E-state index >= 15 is 0 Å². The van der Waals surface area contributed by atoms with E-state index in [9.17, 15) is 4.79 Å². The number of benzene rings is 3. The number of anilines is 1. The highest BCUT2D eigenvalue weighted by atomic mass is 16.1. The normalized spacial score (nSPS) is 15.6. The second-order valence-corrected chi connectivity index (χ2v) is 10.5. The molecule has 190 valence electrons. The molecule has 0 radical (unpaired) electrons. The van der Waals surface area contributed by atoms with Gasteiger partial charge in [-0.15, -0.1) is 10.2 Å². The largest absolute Gasteiger partial charge is 0.365 e. The van der Waals surface area contributed by atoms with E-state index in [-0.39, 0.29) is 11.9 Å². The zero-order valence-corrected chi connectivity index (χ0v) is 21.3. The number of hydrogen-bond acceptors (Lipinski definition) is 6. The Morgan fingerprint density at radius 3 is 2.51 bits per heavy atom. The molecular weight excluding hydrogens is 462 g/mol. The predicted molar refractivity (Wildman–Crippen MR) is 146 cm³/mol. The van der Waals surface area contributed by atoms with Gasteiger partial charge in [0, 0.05) is 42.3 Å². The second-order valence-electron chi connectivity index (χ2n) is 10.5. The number of aromatic nitrogens is 4. The molecule has 1 amide bonds. The number of para-hydroxylation sites is 1. The maximum Gasteiger partial charge on any atom is 0.222 e. The van der Waals surface area contributed by atoms with Crippen LogP contribution < -0.4 is 16.0 Å². The molecule has 3 aromatic carbocycles. The number of fused-ring (bicyclic) bond motifs is 1. The topological polar surface area (TPSA) is 113 Å². The van der Waals surface area contributed by atoms with Crippen molar-refractivity contribution in [3.8, 4) is 22.5 Å². The van der Waals surface area contributed by atoms with Gasteiger partial charge in [-0.05, 0) is 60.2 Å². The fourth-order valence-electron chi connectivity index (χ4n) is 4.99. The van der Waals surface area contributed by atoms with Crippen LogP contribution in [0.25, 0.3) is 22.5 Å². The fourth-order valence-corrected chi connectivity index (χ4v) is 4.99. The van der Waals surface area contributed by atoms with Crippen molar-refractivity contribution in [1.82, 2.24) is 25.9 Å². The van der Waals surface area contributed by atoms with Gasteiger partial charge >= 0.3 is 0 Å². The maximum absolute atomic E-state index is 12.6. The molecule has 0 fully saturated rings. The van der Waals surface area contributed by atoms with Crippen LogP contribution in [0.5, 0.6) is 0 Å². The van der Waals surface area contributed by atoms with E-state index in [1.54, 1.807) is 0 Å². The lowest BCUT2D eigenvalue weighted by Crippen LogP contribution is -2.46. The highest BCUT2D eigenvalue weighted by molar-refractivity contribution is 5.80. The monoisotopic (exact) mass is 495 g/mol. The number of carbonyl (C=O) groups is 1. The fraction of sp³-hybridized carbons (Fsp3) is 0.310. The molecule has 0 spiro atoms. The molecule has 37 heavy (non-hydrogen) atoms. The number of hydrogen-bond donors (Lipinski definition) is 3. The molecule has 8 heteroatoms. The van der Waals surface area contributed by atoms with Crippen molar-refractivity contribution >= 4 is 11.6 Å². The van der Waals surface area contributed by atoms with Gasteiger partial charge in [-0.1, -0.05) is 66.7 Å². The van der Waals surface area contributed by atoms with E-state index in [1.807, 2.05) is 32.0 Å². The summed E-state index contributed by atoms with van der Waals surface area (Å²) in [5, 5.41) is 17.8. The molecule has 1 atom stereocenters. The molecule has 1 aliphatic heterocycles. The van der Waals surface area contributed by atoms with Crippen molar-refractivity contribution in [1.29, 1.82) is 0 Å². The van der Waals surface area contributed by atoms with Crippen molar-refractivity contribution in [3.63, 3.8) is 0 Å². The molecule has 4 N–H and O–H groups in total. The lowest BCUT2D eigenvalue weighted by molar-refractivity contribution is -0.122. The summed E-state index contributed by atoms with van der Waals surface area (Å²) in [7, 11) is 0. The summed E-state index contributed by atoms with van der Waals surface area (Å²) < 4.78 is 0. The van der Waals surface area contributed by atoms with Crippen LogP contribution in [0.2, 0.25) is 0 Å². The number of nitrogens with zero attached hydrogens (tertiary/aromatic N) is 4. The third-order valence-electron chi connectivity index (χ3n) is 6.67. The molecule has 0 saturated carbocycles. The molecule has 1 aromatic heterocycles. The number of amides is 1. The van der Waals surface area contributed by atoms with Crippen LogP contribution in [-0.2, 0) is 17.8 Å². The van der Waals surface area contributed by atoms with Gasteiger partial charge in [0.1, 0.15) is 0 Å². The van der Waals surface area contributed by atoms with Crippen LogP contribution in [0.4, 0.5) is 5.69 Å². The van der Waals surface area contributed by atoms with Crippen molar-refractivity contribution in [2.45, 2.75) is 51.2 Å². The van der Waals surface area contributed by atoms with Crippen LogP contribution in [0.1, 0.15) is 37.8 Å². The van der Waals surface area contributed by atoms with E-state index < -0.39 is 5.54 Å². The quantitative estimate of drug-likeness (QED) is 0.356. The van der Waals surface area contributed by atoms with Gasteiger partial charge in [0.15, 0.2) is 0 Å². The molecule has 2 heterocycles. The Hall–Kier alpha value is -4.04. The van der Waals surface area contributed by atoms with Crippen molar-refractivity contribution in [2.75, 3.05) is 11.4 Å². The Morgan fingerprint density at radius 2 is 1.78 bits per heavy atom. The van der Waals surface area contributed by atoms with Crippen LogP contribution in [0, 0.1) is 0 Å². The molecule has 0 aliphatic carbocycles. The van der Waals surface area contributed by atoms with E-state index in [1.165, 1.54) is 16.8 Å². The standard InChI is InChI=1S/C29H33N7O/c1-29(2,30)17-27(37)31-23-16-15-22-7-3-6-10-26(22)36(19-23)18-20-11-13-21(14-12-20)24-8-4-5-9-25(24)28-32-34-35-33-28/h3-14,23H,15-19,30H2,1-2H3,(H,31,37)(H,32,33,34,35). The zero-order valence-electron chi connectivity index (χ0n) is 21.3. The molecule has 0 saturated heterocycles. The first kappa shape index (κ1) is 24.6. The Morgan fingerprint density at radius 1 is 1.05 bits per heavy atom. The van der Waals surface area contributed by atoms with Gasteiger partial charge in [-0.2, -0.15) is 5.21 Å². The van der Waals surface area contributed by atoms with E-state index in [0.29, 0.717) is 12.2 Å². The van der Waals surface area contributed by atoms with Crippen molar-refractivity contribution < 1.29 is 4.79 Å². The summed E-state index contributed by atoms with van der Waals surface area (Å²) in [6, 6.07) is 25.3. The number of aromatic amines is 1. The van der Waals surface area contributed by atoms with Crippen LogP contribution >= 0.6 is 0 Å². The minimum absolute atomic E-state index is 0.00743. The Kier molecular flexibility index (Phi) is 7.01. The van der Waals surface area contributed by atoms with E-state index in [0.717, 1.165) is 42.6 Å². The SMILES string of the molecule is CC(C)(N)CC(=O)NC1CCc2ccccc2N(Cc2ccc(-c3ccccc3-c3nn[nH]n3)cc2)C1. The first-order valence-electron chi connectivity index (χ1n) is 12.7. The number of nitrogens with two attached hydrogens (primary N) is 1. The van der Waals surface area contributed by atoms with Crippen LogP contribution in [-0.4, -0.2) is 44.7 Å². The summed E-state index contributed by atoms with van der Waals surface area (Å²) in [6.07, 6.45) is 2.13. The summed E-state index contributed by atoms with van der Waals surface area (Å²) in [5.41, 5.74) is 12.4. The van der Waals surface area contributed by atoms with E-state index in [2.05, 4.69) is 85.4 Å². The number of carbonyl (C=O) groups excluding carboxylic acids is 1. The third kappa shape index (κ3) is 6.03. The van der Waals surface area contributed by atoms with Gasteiger partial charge < -0.3 is 16.0 Å². The summed E-state index contributed by atoms with van der Waals surface area (Å²) >= 11 is 0. The Balaban J connectivity index is 1.36. The summed E-state index contributed by atoms with van der Waals surface area (Å²) in [6.45, 7) is 5.26. The van der Waals surface area contributed by atoms with Gasteiger partial charge in [0.2, 0.25) is 11.7 Å². The molecule has 1 unspecified atom stereocenters. The van der Waals surface area contributed by atoms with Crippen LogP contribution in [0.15, 0.2) is 72.8 Å². The number of tetrazole rings is 1. The molecule has 5 rings (SSSR count). The van der Waals surface area contributed by atoms with Crippen LogP contribution in [0.3, 0.4) is 0 Å². The highest BCUT2D eigenvalue weighted by Crippen LogP contribution is 2.31. The lowest BCUT2D eigenvalue weighted by atomic mass is 9.98. The molecule has 1 aliphatic rings. The minimum Gasteiger partial charge on any atom is -0.365 e. The first-order chi connectivity index (χ1) is 17.9. The van der Waals surface area contributed by atoms with Gasteiger partial charge in [-0.25, -0.2) is 0 Å². The predicted octanol–water partition coefficient (Wildman–Crippen LogP) is 4.10. The average Bonchev–Trinajstić information content (AvgIpc) is 3.36. The van der Waals surface area contributed by atoms with Crippen molar-refractivity contribution in [3.05, 3.63) is 83.9 Å². The maximum atomic E-state index is 12.6. The van der Waals surface area contributed by atoms with Gasteiger partial charge in [-0.3, -0.25) is 4.79 Å². The molecule has 4 aromatic rings. The third-order valence-corrected chi connectivity index (χ3v) is 6.67.